The van der Waals surface area contributed by atoms with Crippen molar-refractivity contribution in [3.8, 4) is 0 Å². The van der Waals surface area contributed by atoms with Crippen molar-refractivity contribution in [1.82, 2.24) is 14.1 Å². The minimum atomic E-state index is -3.61. The molecule has 0 N–H and O–H groups in total. The average Bonchev–Trinajstić information content (AvgIpc) is 2.88. The highest BCUT2D eigenvalue weighted by molar-refractivity contribution is 7.89. The summed E-state index contributed by atoms with van der Waals surface area (Å²) >= 11 is 0. The van der Waals surface area contributed by atoms with E-state index in [4.69, 9.17) is 0 Å². The van der Waals surface area contributed by atoms with Crippen molar-refractivity contribution in [2.24, 2.45) is 11.8 Å². The van der Waals surface area contributed by atoms with Gasteiger partial charge in [0.15, 0.2) is 0 Å². The quantitative estimate of drug-likeness (QED) is 0.335. The Bertz CT molecular complexity index is 1290. The van der Waals surface area contributed by atoms with Gasteiger partial charge in [-0.1, -0.05) is 92.2 Å². The SMILES string of the molecule is CCN(C[C@H]1CN(Cc2ccccc2)CCN(Cc2ccccc2)C[C@@H]1C)S(=O)(=O)c1c(C)cc(C)cc1C. The van der Waals surface area contributed by atoms with Crippen molar-refractivity contribution < 1.29 is 8.42 Å². The summed E-state index contributed by atoms with van der Waals surface area (Å²) in [5.41, 5.74) is 5.37. The first kappa shape index (κ1) is 29.5. The third-order valence-corrected chi connectivity index (χ3v) is 10.3. The molecule has 0 spiro atoms. The van der Waals surface area contributed by atoms with Gasteiger partial charge in [-0.15, -0.1) is 0 Å². The zero-order valence-electron chi connectivity index (χ0n) is 24.3. The lowest BCUT2D eigenvalue weighted by Crippen LogP contribution is -2.48. The molecule has 0 bridgehead atoms. The van der Waals surface area contributed by atoms with Gasteiger partial charge >= 0.3 is 0 Å². The van der Waals surface area contributed by atoms with Gasteiger partial charge in [0.05, 0.1) is 4.90 Å². The maximum Gasteiger partial charge on any atom is 0.243 e. The van der Waals surface area contributed by atoms with Gasteiger partial charge in [-0.3, -0.25) is 9.80 Å². The average molecular weight is 548 g/mol. The van der Waals surface area contributed by atoms with Crippen LogP contribution >= 0.6 is 0 Å². The van der Waals surface area contributed by atoms with Crippen molar-refractivity contribution in [3.05, 3.63) is 101 Å². The molecule has 0 unspecified atom stereocenters. The molecule has 210 valence electrons. The van der Waals surface area contributed by atoms with Gasteiger partial charge in [-0.05, 0) is 54.9 Å². The van der Waals surface area contributed by atoms with Crippen LogP contribution in [0, 0.1) is 32.6 Å². The normalized spacial score (nSPS) is 19.6. The Labute approximate surface area is 236 Å². The Balaban J connectivity index is 1.60. The lowest BCUT2D eigenvalue weighted by Gasteiger charge is -2.40. The zero-order valence-corrected chi connectivity index (χ0v) is 25.1. The molecule has 0 radical (unpaired) electrons. The summed E-state index contributed by atoms with van der Waals surface area (Å²) in [7, 11) is -3.61. The Morgan fingerprint density at radius 2 is 1.28 bits per heavy atom. The molecule has 1 aliphatic rings. The van der Waals surface area contributed by atoms with Crippen LogP contribution in [-0.4, -0.2) is 61.8 Å². The van der Waals surface area contributed by atoms with Crippen molar-refractivity contribution in [2.75, 3.05) is 39.3 Å². The summed E-state index contributed by atoms with van der Waals surface area (Å²) < 4.78 is 29.8. The van der Waals surface area contributed by atoms with E-state index in [0.29, 0.717) is 23.9 Å². The highest BCUT2D eigenvalue weighted by Crippen LogP contribution is 2.28. The topological polar surface area (TPSA) is 43.9 Å². The van der Waals surface area contributed by atoms with E-state index in [1.807, 2.05) is 39.8 Å². The monoisotopic (exact) mass is 547 g/mol. The van der Waals surface area contributed by atoms with E-state index in [1.165, 1.54) is 11.1 Å². The molecule has 0 aliphatic carbocycles. The second-order valence-electron chi connectivity index (χ2n) is 11.4. The maximum absolute atomic E-state index is 14.0. The summed E-state index contributed by atoms with van der Waals surface area (Å²) in [6.45, 7) is 16.7. The zero-order chi connectivity index (χ0) is 28.0. The summed E-state index contributed by atoms with van der Waals surface area (Å²) in [5.74, 6) is 0.560. The number of hydrogen-bond acceptors (Lipinski definition) is 4. The van der Waals surface area contributed by atoms with Gasteiger partial charge in [-0.25, -0.2) is 8.42 Å². The molecule has 1 heterocycles. The number of rotatable bonds is 9. The highest BCUT2D eigenvalue weighted by Gasteiger charge is 2.33. The van der Waals surface area contributed by atoms with Crippen LogP contribution in [0.1, 0.15) is 41.7 Å². The van der Waals surface area contributed by atoms with Gasteiger partial charge in [0.2, 0.25) is 10.0 Å². The lowest BCUT2D eigenvalue weighted by molar-refractivity contribution is 0.0880. The van der Waals surface area contributed by atoms with Crippen LogP contribution in [0.5, 0.6) is 0 Å². The minimum absolute atomic E-state index is 0.216. The Morgan fingerprint density at radius 3 is 1.77 bits per heavy atom. The molecule has 3 aromatic carbocycles. The van der Waals surface area contributed by atoms with Crippen molar-refractivity contribution in [2.45, 2.75) is 52.6 Å². The molecule has 2 atom stereocenters. The summed E-state index contributed by atoms with van der Waals surface area (Å²) in [6, 6.07) is 25.2. The molecular formula is C33H45N3O2S. The van der Waals surface area contributed by atoms with Crippen LogP contribution in [-0.2, 0) is 23.1 Å². The smallest absolute Gasteiger partial charge is 0.243 e. The lowest BCUT2D eigenvalue weighted by atomic mass is 9.91. The van der Waals surface area contributed by atoms with Crippen LogP contribution in [0.4, 0.5) is 0 Å². The van der Waals surface area contributed by atoms with Crippen LogP contribution in [0.2, 0.25) is 0 Å². The molecule has 4 rings (SSSR count). The van der Waals surface area contributed by atoms with Crippen LogP contribution in [0.15, 0.2) is 77.7 Å². The first-order valence-electron chi connectivity index (χ1n) is 14.3. The van der Waals surface area contributed by atoms with E-state index in [1.54, 1.807) is 4.31 Å². The number of aryl methyl sites for hydroxylation is 3. The fourth-order valence-corrected chi connectivity index (χ4v) is 8.02. The second-order valence-corrected chi connectivity index (χ2v) is 13.2. The van der Waals surface area contributed by atoms with Crippen molar-refractivity contribution in [1.29, 1.82) is 0 Å². The van der Waals surface area contributed by atoms with Crippen molar-refractivity contribution in [3.63, 3.8) is 0 Å². The molecule has 0 saturated carbocycles. The summed E-state index contributed by atoms with van der Waals surface area (Å²) in [4.78, 5) is 5.54. The first-order valence-corrected chi connectivity index (χ1v) is 15.7. The summed E-state index contributed by atoms with van der Waals surface area (Å²) in [5, 5.41) is 0. The predicted molar refractivity (Wildman–Crippen MR) is 161 cm³/mol. The fraction of sp³-hybridized carbons (Fsp3) is 0.455. The third kappa shape index (κ3) is 7.57. The standard InChI is InChI=1S/C33H45N3O2S/c1-6-36(39(37,38)33-27(3)19-26(2)20-28(33)4)25-32-24-35(23-31-15-11-8-12-16-31)18-17-34(21-29(32)5)22-30-13-9-7-10-14-30/h7-16,19-20,29,32H,6,17-18,21-25H2,1-5H3/t29-,32+/m0/s1. The number of benzene rings is 3. The molecule has 1 aliphatic heterocycles. The molecule has 5 nitrogen and oxygen atoms in total. The van der Waals surface area contributed by atoms with E-state index in [9.17, 15) is 8.42 Å². The van der Waals surface area contributed by atoms with Gasteiger partial charge < -0.3 is 0 Å². The van der Waals surface area contributed by atoms with Crippen LogP contribution in [0.25, 0.3) is 0 Å². The van der Waals surface area contributed by atoms with E-state index in [0.717, 1.165) is 56.0 Å². The van der Waals surface area contributed by atoms with E-state index < -0.39 is 10.0 Å². The van der Waals surface area contributed by atoms with E-state index >= 15 is 0 Å². The Hall–Kier alpha value is -2.51. The molecule has 1 fully saturated rings. The second kappa shape index (κ2) is 13.2. The molecule has 39 heavy (non-hydrogen) atoms. The van der Waals surface area contributed by atoms with Crippen molar-refractivity contribution >= 4 is 10.0 Å². The molecule has 6 heteroatoms. The first-order chi connectivity index (χ1) is 18.7. The third-order valence-electron chi connectivity index (χ3n) is 8.07. The number of nitrogens with zero attached hydrogens (tertiary/aromatic N) is 3. The van der Waals surface area contributed by atoms with Gasteiger partial charge in [0.1, 0.15) is 0 Å². The largest absolute Gasteiger partial charge is 0.298 e. The molecule has 0 amide bonds. The molecule has 3 aromatic rings. The van der Waals surface area contributed by atoms with E-state index in [2.05, 4.69) is 77.4 Å². The van der Waals surface area contributed by atoms with Gasteiger partial charge in [0, 0.05) is 52.4 Å². The predicted octanol–water partition coefficient (Wildman–Crippen LogP) is 5.89. The summed E-state index contributed by atoms with van der Waals surface area (Å²) in [6.07, 6.45) is 0. The highest BCUT2D eigenvalue weighted by atomic mass is 32.2. The molecule has 1 saturated heterocycles. The van der Waals surface area contributed by atoms with Crippen LogP contribution in [0.3, 0.4) is 0 Å². The van der Waals surface area contributed by atoms with Gasteiger partial charge in [0.25, 0.3) is 0 Å². The molecule has 0 aromatic heterocycles. The van der Waals surface area contributed by atoms with Gasteiger partial charge in [-0.2, -0.15) is 4.31 Å². The Morgan fingerprint density at radius 1 is 0.795 bits per heavy atom. The number of hydrogen-bond donors (Lipinski definition) is 0. The maximum atomic E-state index is 14.0. The van der Waals surface area contributed by atoms with E-state index in [-0.39, 0.29) is 5.92 Å². The number of sulfonamides is 1. The minimum Gasteiger partial charge on any atom is -0.298 e. The van der Waals surface area contributed by atoms with Crippen LogP contribution < -0.4 is 0 Å². The Kier molecular flexibility index (Phi) is 10.00. The fourth-order valence-electron chi connectivity index (χ4n) is 6.10. The molecular weight excluding hydrogens is 502 g/mol.